The monoisotopic (exact) mass is 369 g/mol. The van der Waals surface area contributed by atoms with Gasteiger partial charge in [-0.15, -0.1) is 5.10 Å². The van der Waals surface area contributed by atoms with Gasteiger partial charge in [-0.3, -0.25) is 14.6 Å². The van der Waals surface area contributed by atoms with Crippen molar-refractivity contribution in [3.05, 3.63) is 41.7 Å². The normalized spacial score (nSPS) is 21.7. The summed E-state index contributed by atoms with van der Waals surface area (Å²) in [6.45, 7) is 5.39. The molecule has 4 rings (SSSR count). The molecule has 0 bridgehead atoms. The van der Waals surface area contributed by atoms with Crippen LogP contribution in [0.2, 0.25) is 0 Å². The van der Waals surface area contributed by atoms with E-state index in [1.807, 2.05) is 11.0 Å². The minimum atomic E-state index is 0.0824. The Labute approximate surface area is 159 Å². The van der Waals surface area contributed by atoms with Gasteiger partial charge in [-0.25, -0.2) is 4.68 Å². The van der Waals surface area contributed by atoms with Crippen LogP contribution in [0, 0.1) is 0 Å². The van der Waals surface area contributed by atoms with Crippen molar-refractivity contribution in [2.45, 2.75) is 32.0 Å². The van der Waals surface area contributed by atoms with Gasteiger partial charge in [0.1, 0.15) is 6.54 Å². The highest BCUT2D eigenvalue weighted by Crippen LogP contribution is 2.24. The summed E-state index contributed by atoms with van der Waals surface area (Å²) in [5.74, 6) is 0.859. The predicted molar refractivity (Wildman–Crippen MR) is 101 cm³/mol. The molecule has 0 saturated carbocycles. The van der Waals surface area contributed by atoms with Gasteiger partial charge in [0, 0.05) is 19.6 Å². The van der Waals surface area contributed by atoms with Gasteiger partial charge in [0.05, 0.1) is 12.6 Å². The number of piperazine rings is 1. The van der Waals surface area contributed by atoms with E-state index in [0.29, 0.717) is 6.54 Å². The Hall–Kier alpha value is -2.32. The van der Waals surface area contributed by atoms with Crippen LogP contribution in [0.1, 0.15) is 30.3 Å². The van der Waals surface area contributed by atoms with Crippen LogP contribution in [0.5, 0.6) is 0 Å². The molecule has 8 nitrogen and oxygen atoms in total. The number of tetrazole rings is 1. The van der Waals surface area contributed by atoms with Gasteiger partial charge < -0.3 is 4.90 Å². The molecule has 0 aliphatic carbocycles. The number of nitrogens with zero attached hydrogens (tertiary/aromatic N) is 7. The van der Waals surface area contributed by atoms with Crippen molar-refractivity contribution in [1.29, 1.82) is 0 Å². The number of rotatable bonds is 5. The topological polar surface area (TPSA) is 70.4 Å². The molecule has 1 aromatic carbocycles. The third kappa shape index (κ3) is 4.17. The maximum atomic E-state index is 12.9. The van der Waals surface area contributed by atoms with Crippen LogP contribution in [-0.2, 0) is 17.9 Å². The number of likely N-dealkylation sites (tertiary alicyclic amines) is 1. The third-order valence-corrected chi connectivity index (χ3v) is 5.64. The molecular formula is C19H27N7O. The first-order valence-corrected chi connectivity index (χ1v) is 9.71. The first-order valence-electron chi connectivity index (χ1n) is 9.71. The molecule has 144 valence electrons. The van der Waals surface area contributed by atoms with E-state index in [0.717, 1.165) is 38.5 Å². The highest BCUT2D eigenvalue weighted by atomic mass is 16.2. The summed E-state index contributed by atoms with van der Waals surface area (Å²) in [5, 5.41) is 12.0. The van der Waals surface area contributed by atoms with Gasteiger partial charge in [-0.05, 0) is 49.0 Å². The summed E-state index contributed by atoms with van der Waals surface area (Å²) in [4.78, 5) is 19.5. The highest BCUT2D eigenvalue weighted by molar-refractivity contribution is 5.76. The average molecular weight is 369 g/mol. The maximum Gasteiger partial charge on any atom is 0.244 e. The number of carbonyl (C=O) groups is 1. The fourth-order valence-electron chi connectivity index (χ4n) is 3.96. The van der Waals surface area contributed by atoms with Gasteiger partial charge >= 0.3 is 0 Å². The largest absolute Gasteiger partial charge is 0.338 e. The van der Waals surface area contributed by atoms with Gasteiger partial charge in [0.2, 0.25) is 5.91 Å². The van der Waals surface area contributed by atoms with E-state index in [4.69, 9.17) is 0 Å². The molecule has 27 heavy (non-hydrogen) atoms. The summed E-state index contributed by atoms with van der Waals surface area (Å²) in [6, 6.07) is 10.6. The number of carbonyl (C=O) groups excluding carboxylic acids is 1. The van der Waals surface area contributed by atoms with Crippen molar-refractivity contribution in [2.75, 3.05) is 39.8 Å². The molecule has 1 aromatic heterocycles. The Kier molecular flexibility index (Phi) is 5.45. The molecule has 2 aliphatic heterocycles. The standard InChI is InChI=1S/C19H27N7O/c1-23-11-12-25(13-17(23)16-7-3-2-4-8-16)19(27)15-26-18(20-21-22-26)14-24-9-5-6-10-24/h2-4,7-8,17H,5-6,9-15H2,1H3/t17-/m1/s1. The minimum absolute atomic E-state index is 0.0824. The van der Waals surface area contributed by atoms with Crippen molar-refractivity contribution < 1.29 is 4.79 Å². The van der Waals surface area contributed by atoms with Crippen LogP contribution in [0.3, 0.4) is 0 Å². The Balaban J connectivity index is 1.40. The van der Waals surface area contributed by atoms with E-state index in [1.165, 1.54) is 18.4 Å². The smallest absolute Gasteiger partial charge is 0.244 e. The quantitative estimate of drug-likeness (QED) is 0.776. The molecule has 1 amide bonds. The molecule has 2 aliphatic rings. The summed E-state index contributed by atoms with van der Waals surface area (Å²) < 4.78 is 1.66. The Morgan fingerprint density at radius 3 is 2.67 bits per heavy atom. The van der Waals surface area contributed by atoms with Crippen molar-refractivity contribution in [3.8, 4) is 0 Å². The number of amides is 1. The fourth-order valence-corrected chi connectivity index (χ4v) is 3.96. The number of benzene rings is 1. The highest BCUT2D eigenvalue weighted by Gasteiger charge is 2.29. The first-order chi connectivity index (χ1) is 13.2. The van der Waals surface area contributed by atoms with Crippen LogP contribution in [0.15, 0.2) is 30.3 Å². The molecule has 0 radical (unpaired) electrons. The van der Waals surface area contributed by atoms with Crippen molar-refractivity contribution in [3.63, 3.8) is 0 Å². The number of hydrogen-bond donors (Lipinski definition) is 0. The first kappa shape index (κ1) is 18.1. The molecular weight excluding hydrogens is 342 g/mol. The molecule has 2 saturated heterocycles. The van der Waals surface area contributed by atoms with Crippen LogP contribution in [0.25, 0.3) is 0 Å². The SMILES string of the molecule is CN1CCN(C(=O)Cn2nnnc2CN2CCCC2)C[C@@H]1c1ccccc1. The lowest BCUT2D eigenvalue weighted by molar-refractivity contribution is -0.135. The summed E-state index contributed by atoms with van der Waals surface area (Å²) in [6.07, 6.45) is 2.45. The molecule has 8 heteroatoms. The predicted octanol–water partition coefficient (Wildman–Crippen LogP) is 0.784. The van der Waals surface area contributed by atoms with Crippen molar-refractivity contribution in [2.24, 2.45) is 0 Å². The van der Waals surface area contributed by atoms with E-state index < -0.39 is 0 Å². The van der Waals surface area contributed by atoms with E-state index >= 15 is 0 Å². The zero-order valence-corrected chi connectivity index (χ0v) is 15.9. The van der Waals surface area contributed by atoms with E-state index in [1.54, 1.807) is 4.68 Å². The van der Waals surface area contributed by atoms with E-state index in [9.17, 15) is 4.79 Å². The summed E-state index contributed by atoms with van der Waals surface area (Å²) in [7, 11) is 2.12. The van der Waals surface area contributed by atoms with Crippen LogP contribution in [-0.4, -0.2) is 80.6 Å². The molecule has 0 N–H and O–H groups in total. The lowest BCUT2D eigenvalue weighted by Gasteiger charge is -2.39. The molecule has 3 heterocycles. The van der Waals surface area contributed by atoms with Crippen LogP contribution >= 0.6 is 0 Å². The number of aromatic nitrogens is 4. The molecule has 2 aromatic rings. The van der Waals surface area contributed by atoms with E-state index in [-0.39, 0.29) is 18.5 Å². The second-order valence-corrected chi connectivity index (χ2v) is 7.48. The van der Waals surface area contributed by atoms with Gasteiger partial charge in [-0.2, -0.15) is 0 Å². The summed E-state index contributed by atoms with van der Waals surface area (Å²) >= 11 is 0. The lowest BCUT2D eigenvalue weighted by atomic mass is 10.0. The minimum Gasteiger partial charge on any atom is -0.338 e. The van der Waals surface area contributed by atoms with Crippen molar-refractivity contribution >= 4 is 5.91 Å². The van der Waals surface area contributed by atoms with Crippen LogP contribution < -0.4 is 0 Å². The Bertz CT molecular complexity index is 756. The molecule has 0 spiro atoms. The average Bonchev–Trinajstić information content (AvgIpc) is 3.36. The van der Waals surface area contributed by atoms with Crippen LogP contribution in [0.4, 0.5) is 0 Å². The number of likely N-dealkylation sites (N-methyl/N-ethyl adjacent to an activating group) is 1. The van der Waals surface area contributed by atoms with Gasteiger partial charge in [0.15, 0.2) is 5.82 Å². The summed E-state index contributed by atoms with van der Waals surface area (Å²) in [5.41, 5.74) is 1.25. The Morgan fingerprint density at radius 1 is 1.11 bits per heavy atom. The number of hydrogen-bond acceptors (Lipinski definition) is 6. The zero-order valence-electron chi connectivity index (χ0n) is 15.9. The van der Waals surface area contributed by atoms with Crippen molar-refractivity contribution in [1.82, 2.24) is 34.9 Å². The molecule has 2 fully saturated rings. The maximum absolute atomic E-state index is 12.9. The molecule has 0 unspecified atom stereocenters. The second kappa shape index (κ2) is 8.14. The zero-order chi connectivity index (χ0) is 18.6. The molecule has 1 atom stereocenters. The van der Waals surface area contributed by atoms with Gasteiger partial charge in [0.25, 0.3) is 0 Å². The lowest BCUT2D eigenvalue weighted by Crippen LogP contribution is -2.50. The second-order valence-electron chi connectivity index (χ2n) is 7.48. The third-order valence-electron chi connectivity index (χ3n) is 5.64. The fraction of sp³-hybridized carbons (Fsp3) is 0.579. The Morgan fingerprint density at radius 2 is 1.89 bits per heavy atom. The van der Waals surface area contributed by atoms with Gasteiger partial charge in [-0.1, -0.05) is 30.3 Å². The van der Waals surface area contributed by atoms with E-state index in [2.05, 4.69) is 56.6 Å².